The minimum absolute atomic E-state index is 0.0448. The van der Waals surface area contributed by atoms with Gasteiger partial charge in [-0.15, -0.1) is 0 Å². The number of amides is 1. The summed E-state index contributed by atoms with van der Waals surface area (Å²) in [5.41, 5.74) is 0.784. The van der Waals surface area contributed by atoms with Crippen LogP contribution >= 0.6 is 23.2 Å². The van der Waals surface area contributed by atoms with Gasteiger partial charge in [-0.3, -0.25) is 9.78 Å². The van der Waals surface area contributed by atoms with Crippen LogP contribution in [0, 0.1) is 0 Å². The molecule has 0 saturated heterocycles. The van der Waals surface area contributed by atoms with E-state index in [4.69, 9.17) is 23.2 Å². The summed E-state index contributed by atoms with van der Waals surface area (Å²) in [5.74, 6) is -0.416. The maximum absolute atomic E-state index is 11.9. The molecule has 0 radical (unpaired) electrons. The second-order valence-corrected chi connectivity index (χ2v) is 4.29. The fourth-order valence-corrected chi connectivity index (χ4v) is 1.73. The first kappa shape index (κ1) is 12.7. The van der Waals surface area contributed by atoms with Crippen LogP contribution < -0.4 is 5.32 Å². The number of phenols is 1. The van der Waals surface area contributed by atoms with E-state index in [1.54, 1.807) is 0 Å². The van der Waals surface area contributed by atoms with Crippen LogP contribution in [0.2, 0.25) is 10.0 Å². The predicted molar refractivity (Wildman–Crippen MR) is 70.3 cm³/mol. The molecule has 0 fully saturated rings. The fraction of sp³-hybridized carbons (Fsp3) is 0. The summed E-state index contributed by atoms with van der Waals surface area (Å²) < 4.78 is 0. The monoisotopic (exact) mass is 282 g/mol. The van der Waals surface area contributed by atoms with Gasteiger partial charge in [-0.1, -0.05) is 23.2 Å². The summed E-state index contributed by atoms with van der Waals surface area (Å²) in [7, 11) is 0. The Bertz CT molecular complexity index is 602. The van der Waals surface area contributed by atoms with Crippen molar-refractivity contribution in [2.75, 3.05) is 5.32 Å². The molecule has 92 valence electrons. The molecule has 0 atom stereocenters. The number of nitrogens with zero attached hydrogens (tertiary/aromatic N) is 1. The highest BCUT2D eigenvalue weighted by Gasteiger charge is 2.10. The molecule has 18 heavy (non-hydrogen) atoms. The zero-order valence-electron chi connectivity index (χ0n) is 9.02. The smallest absolute Gasteiger partial charge is 0.257 e. The Morgan fingerprint density at radius 2 is 2.00 bits per heavy atom. The Kier molecular flexibility index (Phi) is 3.69. The number of pyridine rings is 1. The molecule has 0 aliphatic carbocycles. The molecule has 2 aromatic rings. The molecule has 1 heterocycles. The van der Waals surface area contributed by atoms with Crippen LogP contribution in [0.3, 0.4) is 0 Å². The summed E-state index contributed by atoms with van der Waals surface area (Å²) in [4.78, 5) is 15.7. The largest absolute Gasteiger partial charge is 0.506 e. The van der Waals surface area contributed by atoms with Gasteiger partial charge in [0.1, 0.15) is 5.75 Å². The van der Waals surface area contributed by atoms with Crippen LogP contribution in [0.1, 0.15) is 10.4 Å². The van der Waals surface area contributed by atoms with Crippen LogP contribution in [-0.4, -0.2) is 16.0 Å². The number of anilines is 1. The number of hydrogen-bond donors (Lipinski definition) is 2. The molecule has 1 amide bonds. The molecule has 0 aliphatic rings. The molecule has 0 unspecified atom stereocenters. The molecule has 1 aromatic carbocycles. The lowest BCUT2D eigenvalue weighted by Gasteiger charge is -2.07. The molecule has 4 nitrogen and oxygen atoms in total. The molecule has 0 saturated carbocycles. The number of hydrogen-bond acceptors (Lipinski definition) is 3. The van der Waals surface area contributed by atoms with Crippen molar-refractivity contribution in [3.63, 3.8) is 0 Å². The standard InChI is InChI=1S/C12H8Cl2N2O2/c13-9-5-7(1-2-11(9)17)16-12(18)8-3-4-15-6-10(8)14/h1-6,17H,(H,16,18). The first-order chi connectivity index (χ1) is 8.58. The Morgan fingerprint density at radius 3 is 2.67 bits per heavy atom. The zero-order chi connectivity index (χ0) is 13.1. The van der Waals surface area contributed by atoms with Crippen molar-refractivity contribution in [3.05, 3.63) is 52.3 Å². The van der Waals surface area contributed by atoms with Gasteiger partial charge in [0.05, 0.1) is 15.6 Å². The van der Waals surface area contributed by atoms with Crippen molar-refractivity contribution in [1.29, 1.82) is 0 Å². The van der Waals surface area contributed by atoms with Gasteiger partial charge in [0.25, 0.3) is 5.91 Å². The lowest BCUT2D eigenvalue weighted by atomic mass is 10.2. The number of aromatic hydroxyl groups is 1. The Hall–Kier alpha value is -1.78. The van der Waals surface area contributed by atoms with Crippen molar-refractivity contribution in [2.45, 2.75) is 0 Å². The van der Waals surface area contributed by atoms with E-state index in [0.717, 1.165) is 0 Å². The van der Waals surface area contributed by atoms with Gasteiger partial charge >= 0.3 is 0 Å². The molecule has 2 N–H and O–H groups in total. The fourth-order valence-electron chi connectivity index (χ4n) is 1.34. The lowest BCUT2D eigenvalue weighted by Crippen LogP contribution is -2.12. The SMILES string of the molecule is O=C(Nc1ccc(O)c(Cl)c1)c1ccncc1Cl. The lowest BCUT2D eigenvalue weighted by molar-refractivity contribution is 0.102. The van der Waals surface area contributed by atoms with Crippen molar-refractivity contribution in [1.82, 2.24) is 4.98 Å². The first-order valence-corrected chi connectivity index (χ1v) is 5.73. The van der Waals surface area contributed by atoms with E-state index in [1.165, 1.54) is 36.7 Å². The highest BCUT2D eigenvalue weighted by molar-refractivity contribution is 6.34. The number of phenolic OH excluding ortho intramolecular Hbond substituents is 1. The number of halogens is 2. The average Bonchev–Trinajstić information content (AvgIpc) is 2.34. The van der Waals surface area contributed by atoms with E-state index < -0.39 is 0 Å². The van der Waals surface area contributed by atoms with E-state index in [0.29, 0.717) is 11.3 Å². The van der Waals surface area contributed by atoms with E-state index in [-0.39, 0.29) is 21.7 Å². The van der Waals surface area contributed by atoms with E-state index in [9.17, 15) is 9.90 Å². The molecule has 0 spiro atoms. The third-order valence-corrected chi connectivity index (χ3v) is 2.83. The average molecular weight is 283 g/mol. The van der Waals surface area contributed by atoms with Crippen molar-refractivity contribution >= 4 is 34.8 Å². The van der Waals surface area contributed by atoms with Crippen molar-refractivity contribution in [2.24, 2.45) is 0 Å². The number of carbonyl (C=O) groups excluding carboxylic acids is 1. The van der Waals surface area contributed by atoms with E-state index >= 15 is 0 Å². The number of aromatic nitrogens is 1. The van der Waals surface area contributed by atoms with Crippen molar-refractivity contribution in [3.8, 4) is 5.75 Å². The van der Waals surface area contributed by atoms with Crippen LogP contribution in [0.5, 0.6) is 5.75 Å². The summed E-state index contributed by atoms with van der Waals surface area (Å²) in [6, 6.07) is 5.89. The van der Waals surface area contributed by atoms with Crippen LogP contribution in [0.15, 0.2) is 36.7 Å². The maximum Gasteiger partial charge on any atom is 0.257 e. The Balaban J connectivity index is 2.22. The zero-order valence-corrected chi connectivity index (χ0v) is 10.5. The molecular weight excluding hydrogens is 275 g/mol. The van der Waals surface area contributed by atoms with Crippen LogP contribution in [0.4, 0.5) is 5.69 Å². The summed E-state index contributed by atoms with van der Waals surface area (Å²) >= 11 is 11.6. The van der Waals surface area contributed by atoms with E-state index in [1.807, 2.05) is 0 Å². The highest BCUT2D eigenvalue weighted by atomic mass is 35.5. The quantitative estimate of drug-likeness (QED) is 0.831. The third-order valence-electron chi connectivity index (χ3n) is 2.22. The van der Waals surface area contributed by atoms with Crippen LogP contribution in [0.25, 0.3) is 0 Å². The number of carbonyl (C=O) groups is 1. The Labute approximate surface area is 113 Å². The highest BCUT2D eigenvalue weighted by Crippen LogP contribution is 2.26. The number of rotatable bonds is 2. The first-order valence-electron chi connectivity index (χ1n) is 4.97. The Morgan fingerprint density at radius 1 is 1.22 bits per heavy atom. The van der Waals surface area contributed by atoms with Gasteiger partial charge in [-0.2, -0.15) is 0 Å². The molecule has 6 heteroatoms. The van der Waals surface area contributed by atoms with Gasteiger partial charge in [-0.05, 0) is 24.3 Å². The second kappa shape index (κ2) is 5.25. The van der Waals surface area contributed by atoms with Gasteiger partial charge in [0.2, 0.25) is 0 Å². The molecule has 1 aromatic heterocycles. The normalized spacial score (nSPS) is 10.1. The molecule has 0 bridgehead atoms. The predicted octanol–water partition coefficient (Wildman–Crippen LogP) is 3.35. The summed E-state index contributed by atoms with van der Waals surface area (Å²) in [6.45, 7) is 0. The molecule has 0 aliphatic heterocycles. The van der Waals surface area contributed by atoms with Gasteiger partial charge in [-0.25, -0.2) is 0 Å². The van der Waals surface area contributed by atoms with Gasteiger partial charge in [0.15, 0.2) is 0 Å². The number of nitrogens with one attached hydrogen (secondary N) is 1. The summed E-state index contributed by atoms with van der Waals surface area (Å²) in [5, 5.41) is 12.3. The third kappa shape index (κ3) is 2.72. The minimum Gasteiger partial charge on any atom is -0.506 e. The van der Waals surface area contributed by atoms with Crippen LogP contribution in [-0.2, 0) is 0 Å². The summed E-state index contributed by atoms with van der Waals surface area (Å²) in [6.07, 6.45) is 2.87. The van der Waals surface area contributed by atoms with Gasteiger partial charge in [0, 0.05) is 18.1 Å². The van der Waals surface area contributed by atoms with Gasteiger partial charge < -0.3 is 10.4 Å². The molecular formula is C12H8Cl2N2O2. The second-order valence-electron chi connectivity index (χ2n) is 3.48. The number of benzene rings is 1. The molecule has 2 rings (SSSR count). The minimum atomic E-state index is -0.371. The topological polar surface area (TPSA) is 62.2 Å². The van der Waals surface area contributed by atoms with Crippen molar-refractivity contribution < 1.29 is 9.90 Å². The maximum atomic E-state index is 11.9. The van der Waals surface area contributed by atoms with E-state index in [2.05, 4.69) is 10.3 Å².